The molecule has 0 bridgehead atoms. The van der Waals surface area contributed by atoms with Crippen LogP contribution in [0.4, 0.5) is 5.69 Å². The van der Waals surface area contributed by atoms with E-state index in [-0.39, 0.29) is 10.8 Å². The molecule has 2 aromatic rings. The standard InChI is InChI=1S/C19H25N3O3S/c1-12-9-14(3)18(15(4)10-12)26(24,25)22-17-11-16(6-5-13(17)2)19(23)21-8-7-20/h5-6,9-11,22H,7-8,20H2,1-4H3,(H,21,23). The number of carbonyl (C=O) groups is 1. The van der Waals surface area contributed by atoms with Crippen LogP contribution in [0.1, 0.15) is 32.6 Å². The summed E-state index contributed by atoms with van der Waals surface area (Å²) in [4.78, 5) is 12.4. The van der Waals surface area contributed by atoms with Gasteiger partial charge in [0.15, 0.2) is 0 Å². The maximum atomic E-state index is 12.9. The molecule has 0 aliphatic carbocycles. The minimum Gasteiger partial charge on any atom is -0.351 e. The van der Waals surface area contributed by atoms with Crippen molar-refractivity contribution < 1.29 is 13.2 Å². The number of amides is 1. The van der Waals surface area contributed by atoms with Crippen LogP contribution >= 0.6 is 0 Å². The molecular weight excluding hydrogens is 350 g/mol. The zero-order valence-electron chi connectivity index (χ0n) is 15.5. The monoisotopic (exact) mass is 375 g/mol. The average Bonchev–Trinajstić information content (AvgIpc) is 2.53. The highest BCUT2D eigenvalue weighted by molar-refractivity contribution is 7.92. The molecule has 0 spiro atoms. The fourth-order valence-corrected chi connectivity index (χ4v) is 4.52. The van der Waals surface area contributed by atoms with Crippen LogP contribution in [-0.4, -0.2) is 27.4 Å². The largest absolute Gasteiger partial charge is 0.351 e. The van der Waals surface area contributed by atoms with Gasteiger partial charge in [-0.25, -0.2) is 8.42 Å². The van der Waals surface area contributed by atoms with E-state index in [0.29, 0.717) is 35.5 Å². The highest BCUT2D eigenvalue weighted by atomic mass is 32.2. The lowest BCUT2D eigenvalue weighted by Crippen LogP contribution is -2.29. The fraction of sp³-hybridized carbons (Fsp3) is 0.316. The third-order valence-corrected chi connectivity index (χ3v) is 5.72. The zero-order chi connectivity index (χ0) is 19.5. The Hall–Kier alpha value is -2.38. The highest BCUT2D eigenvalue weighted by Gasteiger charge is 2.21. The van der Waals surface area contributed by atoms with Gasteiger partial charge in [-0.1, -0.05) is 23.8 Å². The number of nitrogens with one attached hydrogen (secondary N) is 2. The molecule has 0 fully saturated rings. The molecule has 0 aliphatic rings. The van der Waals surface area contributed by atoms with Crippen LogP contribution in [0.2, 0.25) is 0 Å². The summed E-state index contributed by atoms with van der Waals surface area (Å²) in [6.07, 6.45) is 0. The van der Waals surface area contributed by atoms with Gasteiger partial charge in [-0.15, -0.1) is 0 Å². The summed E-state index contributed by atoms with van der Waals surface area (Å²) < 4.78 is 28.5. The van der Waals surface area contributed by atoms with Crippen LogP contribution in [0.15, 0.2) is 35.2 Å². The molecule has 2 rings (SSSR count). The third-order valence-electron chi connectivity index (χ3n) is 4.05. The van der Waals surface area contributed by atoms with Crippen LogP contribution in [0.5, 0.6) is 0 Å². The Balaban J connectivity index is 2.40. The molecule has 4 N–H and O–H groups in total. The zero-order valence-corrected chi connectivity index (χ0v) is 16.3. The maximum absolute atomic E-state index is 12.9. The first-order valence-electron chi connectivity index (χ1n) is 8.35. The molecule has 7 heteroatoms. The number of anilines is 1. The summed E-state index contributed by atoms with van der Waals surface area (Å²) in [5.74, 6) is -0.293. The van der Waals surface area contributed by atoms with Gasteiger partial charge in [0.25, 0.3) is 15.9 Å². The Morgan fingerprint density at radius 3 is 2.19 bits per heavy atom. The van der Waals surface area contributed by atoms with Gasteiger partial charge in [0.2, 0.25) is 0 Å². The lowest BCUT2D eigenvalue weighted by atomic mass is 10.1. The van der Waals surface area contributed by atoms with E-state index >= 15 is 0 Å². The van der Waals surface area contributed by atoms with E-state index in [4.69, 9.17) is 5.73 Å². The van der Waals surface area contributed by atoms with E-state index in [1.165, 1.54) is 6.07 Å². The van der Waals surface area contributed by atoms with Crippen molar-refractivity contribution in [2.45, 2.75) is 32.6 Å². The second-order valence-corrected chi connectivity index (χ2v) is 8.03. The van der Waals surface area contributed by atoms with Gasteiger partial charge in [0.05, 0.1) is 10.6 Å². The number of benzene rings is 2. The molecule has 0 aromatic heterocycles. The molecular formula is C19H25N3O3S. The summed E-state index contributed by atoms with van der Waals surface area (Å²) in [6.45, 7) is 7.96. The van der Waals surface area contributed by atoms with Gasteiger partial charge in [0.1, 0.15) is 0 Å². The van der Waals surface area contributed by atoms with Crippen molar-refractivity contribution in [1.29, 1.82) is 0 Å². The van der Waals surface area contributed by atoms with Crippen molar-refractivity contribution in [3.63, 3.8) is 0 Å². The topological polar surface area (TPSA) is 101 Å². The molecule has 2 aromatic carbocycles. The van der Waals surface area contributed by atoms with Crippen LogP contribution in [-0.2, 0) is 10.0 Å². The molecule has 0 heterocycles. The number of carbonyl (C=O) groups excluding carboxylic acids is 1. The molecule has 6 nitrogen and oxygen atoms in total. The lowest BCUT2D eigenvalue weighted by Gasteiger charge is -2.16. The van der Waals surface area contributed by atoms with Gasteiger partial charge < -0.3 is 11.1 Å². The summed E-state index contributed by atoms with van der Waals surface area (Å²) in [7, 11) is -3.78. The van der Waals surface area contributed by atoms with Crippen LogP contribution in [0.25, 0.3) is 0 Å². The van der Waals surface area contributed by atoms with E-state index in [2.05, 4.69) is 10.0 Å². The number of nitrogens with two attached hydrogens (primary N) is 1. The molecule has 26 heavy (non-hydrogen) atoms. The number of hydrogen-bond donors (Lipinski definition) is 3. The number of rotatable bonds is 6. The second kappa shape index (κ2) is 7.88. The van der Waals surface area contributed by atoms with Gasteiger partial charge in [-0.05, 0) is 56.5 Å². The Kier molecular flexibility index (Phi) is 6.05. The number of aryl methyl sites for hydroxylation is 4. The van der Waals surface area contributed by atoms with E-state index in [9.17, 15) is 13.2 Å². The molecule has 0 saturated heterocycles. The molecule has 0 aliphatic heterocycles. The normalized spacial score (nSPS) is 11.3. The first kappa shape index (κ1) is 19.9. The first-order chi connectivity index (χ1) is 12.2. The molecule has 140 valence electrons. The van der Waals surface area contributed by atoms with Crippen molar-refractivity contribution in [1.82, 2.24) is 5.32 Å². The highest BCUT2D eigenvalue weighted by Crippen LogP contribution is 2.26. The number of hydrogen-bond acceptors (Lipinski definition) is 4. The quantitative estimate of drug-likeness (QED) is 0.721. The molecule has 1 amide bonds. The van der Waals surface area contributed by atoms with Crippen molar-refractivity contribution >= 4 is 21.6 Å². The Morgan fingerprint density at radius 1 is 1.00 bits per heavy atom. The van der Waals surface area contributed by atoms with Crippen molar-refractivity contribution in [2.24, 2.45) is 5.73 Å². The van der Waals surface area contributed by atoms with Crippen molar-refractivity contribution in [2.75, 3.05) is 17.8 Å². The van der Waals surface area contributed by atoms with E-state index in [1.807, 2.05) is 19.1 Å². The predicted molar refractivity (Wildman–Crippen MR) is 104 cm³/mol. The van der Waals surface area contributed by atoms with Gasteiger partial charge >= 0.3 is 0 Å². The fourth-order valence-electron chi connectivity index (χ4n) is 2.95. The Bertz CT molecular complexity index is 914. The SMILES string of the molecule is Cc1cc(C)c(S(=O)(=O)Nc2cc(C(=O)NCCN)ccc2C)c(C)c1. The summed E-state index contributed by atoms with van der Waals surface area (Å²) in [5, 5.41) is 2.67. The van der Waals surface area contributed by atoms with Crippen LogP contribution in [0, 0.1) is 27.7 Å². The smallest absolute Gasteiger partial charge is 0.262 e. The lowest BCUT2D eigenvalue weighted by molar-refractivity contribution is 0.0955. The van der Waals surface area contributed by atoms with E-state index in [0.717, 1.165) is 11.1 Å². The molecule has 0 atom stereocenters. The van der Waals surface area contributed by atoms with Gasteiger partial charge in [-0.2, -0.15) is 0 Å². The third kappa shape index (κ3) is 4.42. The summed E-state index contributed by atoms with van der Waals surface area (Å²) in [5.41, 5.74) is 9.25. The molecule has 0 unspecified atom stereocenters. The first-order valence-corrected chi connectivity index (χ1v) is 9.83. The van der Waals surface area contributed by atoms with Crippen LogP contribution in [0.3, 0.4) is 0 Å². The van der Waals surface area contributed by atoms with Crippen molar-refractivity contribution in [3.05, 3.63) is 58.1 Å². The summed E-state index contributed by atoms with van der Waals surface area (Å²) in [6, 6.07) is 8.58. The summed E-state index contributed by atoms with van der Waals surface area (Å²) >= 11 is 0. The maximum Gasteiger partial charge on any atom is 0.262 e. The number of sulfonamides is 1. The average molecular weight is 375 g/mol. The van der Waals surface area contributed by atoms with E-state index < -0.39 is 10.0 Å². The predicted octanol–water partition coefficient (Wildman–Crippen LogP) is 2.41. The Morgan fingerprint density at radius 2 is 1.62 bits per heavy atom. The molecule has 0 radical (unpaired) electrons. The second-order valence-electron chi connectivity index (χ2n) is 6.41. The van der Waals surface area contributed by atoms with Crippen molar-refractivity contribution in [3.8, 4) is 0 Å². The minimum absolute atomic E-state index is 0.264. The van der Waals surface area contributed by atoms with E-state index in [1.54, 1.807) is 32.9 Å². The van der Waals surface area contributed by atoms with Gasteiger partial charge in [0, 0.05) is 18.7 Å². The van der Waals surface area contributed by atoms with Crippen LogP contribution < -0.4 is 15.8 Å². The minimum atomic E-state index is -3.78. The molecule has 0 saturated carbocycles. The van der Waals surface area contributed by atoms with Gasteiger partial charge in [-0.3, -0.25) is 9.52 Å². The Labute approximate surface area is 154 Å².